The third kappa shape index (κ3) is 1.97. The molecule has 108 valence electrons. The summed E-state index contributed by atoms with van der Waals surface area (Å²) >= 11 is 0. The van der Waals surface area contributed by atoms with Crippen LogP contribution in [0.2, 0.25) is 0 Å². The van der Waals surface area contributed by atoms with Gasteiger partial charge < -0.3 is 20.1 Å². The van der Waals surface area contributed by atoms with Crippen LogP contribution in [0.4, 0.5) is 0 Å². The summed E-state index contributed by atoms with van der Waals surface area (Å²) in [6, 6.07) is 6.14. The van der Waals surface area contributed by atoms with Crippen molar-refractivity contribution in [3.05, 3.63) is 23.8 Å². The zero-order chi connectivity index (χ0) is 14.2. The molecule has 0 spiro atoms. The number of nitrogens with zero attached hydrogens (tertiary/aromatic N) is 2. The van der Waals surface area contributed by atoms with Crippen LogP contribution in [0.5, 0.6) is 11.5 Å². The van der Waals surface area contributed by atoms with Gasteiger partial charge in [0.2, 0.25) is 0 Å². The normalized spacial score (nSPS) is 25.3. The lowest BCUT2D eigenvalue weighted by Crippen LogP contribution is -2.47. The van der Waals surface area contributed by atoms with Crippen molar-refractivity contribution in [3.8, 4) is 11.5 Å². The second-order valence-electron chi connectivity index (χ2n) is 5.40. The van der Waals surface area contributed by atoms with Crippen molar-refractivity contribution in [2.75, 3.05) is 26.3 Å². The summed E-state index contributed by atoms with van der Waals surface area (Å²) in [4.78, 5) is 6.53. The molecule has 2 heterocycles. The quantitative estimate of drug-likeness (QED) is 0.892. The summed E-state index contributed by atoms with van der Waals surface area (Å²) < 4.78 is 11.5. The van der Waals surface area contributed by atoms with Crippen molar-refractivity contribution in [1.82, 2.24) is 4.90 Å². The standard InChI is InChI=1S/C15H21N3O2/c1-3-18-14(16)17-10-15(18,2)11-5-6-12-13(9-11)20-8-4-7-19-12/h5-6,9H,3-4,7-8,10H2,1-2H3,(H2,16,17). The van der Waals surface area contributed by atoms with Crippen LogP contribution in [0.15, 0.2) is 23.2 Å². The first-order valence-corrected chi connectivity index (χ1v) is 7.13. The SMILES string of the molecule is CCN1C(N)=NCC1(C)c1ccc2c(c1)OCCCO2. The number of fused-ring (bicyclic) bond motifs is 1. The first-order chi connectivity index (χ1) is 9.65. The van der Waals surface area contributed by atoms with Crippen LogP contribution in [-0.4, -0.2) is 37.2 Å². The molecule has 1 unspecified atom stereocenters. The van der Waals surface area contributed by atoms with Crippen LogP contribution < -0.4 is 15.2 Å². The van der Waals surface area contributed by atoms with Gasteiger partial charge >= 0.3 is 0 Å². The lowest BCUT2D eigenvalue weighted by atomic mass is 9.90. The average molecular weight is 275 g/mol. The van der Waals surface area contributed by atoms with Gasteiger partial charge in [0.25, 0.3) is 0 Å². The molecule has 0 saturated heterocycles. The highest BCUT2D eigenvalue weighted by atomic mass is 16.5. The van der Waals surface area contributed by atoms with Crippen molar-refractivity contribution >= 4 is 5.96 Å². The molecule has 0 fully saturated rings. The number of likely N-dealkylation sites (N-methyl/N-ethyl adjacent to an activating group) is 1. The van der Waals surface area contributed by atoms with E-state index in [0.717, 1.165) is 30.0 Å². The second kappa shape index (κ2) is 4.89. The molecule has 2 aliphatic heterocycles. The zero-order valence-electron chi connectivity index (χ0n) is 12.1. The van der Waals surface area contributed by atoms with E-state index < -0.39 is 0 Å². The number of hydrogen-bond acceptors (Lipinski definition) is 5. The summed E-state index contributed by atoms with van der Waals surface area (Å²) in [6.45, 7) is 7.17. The summed E-state index contributed by atoms with van der Waals surface area (Å²) in [7, 11) is 0. The first-order valence-electron chi connectivity index (χ1n) is 7.13. The number of rotatable bonds is 2. The summed E-state index contributed by atoms with van der Waals surface area (Å²) in [6.07, 6.45) is 0.915. The Bertz CT molecular complexity index is 544. The van der Waals surface area contributed by atoms with Crippen LogP contribution in [0.1, 0.15) is 25.8 Å². The molecule has 0 radical (unpaired) electrons. The van der Waals surface area contributed by atoms with E-state index in [-0.39, 0.29) is 5.54 Å². The Balaban J connectivity index is 1.97. The second-order valence-corrected chi connectivity index (χ2v) is 5.40. The average Bonchev–Trinajstić information content (AvgIpc) is 2.65. The highest BCUT2D eigenvalue weighted by Gasteiger charge is 2.39. The van der Waals surface area contributed by atoms with Crippen molar-refractivity contribution in [2.24, 2.45) is 10.7 Å². The fraction of sp³-hybridized carbons (Fsp3) is 0.533. The molecule has 0 aromatic heterocycles. The molecule has 5 nitrogen and oxygen atoms in total. The molecule has 1 atom stereocenters. The molecule has 2 N–H and O–H groups in total. The van der Waals surface area contributed by atoms with E-state index in [4.69, 9.17) is 15.2 Å². The lowest BCUT2D eigenvalue weighted by molar-refractivity contribution is 0.233. The summed E-state index contributed by atoms with van der Waals surface area (Å²) in [5.74, 6) is 2.26. The molecule has 2 aliphatic rings. The first kappa shape index (κ1) is 13.1. The molecule has 20 heavy (non-hydrogen) atoms. The Kier molecular flexibility index (Phi) is 3.20. The maximum absolute atomic E-state index is 5.99. The maximum Gasteiger partial charge on any atom is 0.192 e. The van der Waals surface area contributed by atoms with E-state index in [1.807, 2.05) is 6.07 Å². The highest BCUT2D eigenvalue weighted by Crippen LogP contribution is 2.38. The van der Waals surface area contributed by atoms with Crippen LogP contribution in [0, 0.1) is 0 Å². The molecular weight excluding hydrogens is 254 g/mol. The molecule has 3 rings (SSSR count). The van der Waals surface area contributed by atoms with E-state index in [1.165, 1.54) is 0 Å². The molecular formula is C15H21N3O2. The fourth-order valence-corrected chi connectivity index (χ4v) is 2.91. The van der Waals surface area contributed by atoms with Gasteiger partial charge in [-0.05, 0) is 31.5 Å². The Labute approximate surface area is 119 Å². The molecule has 1 aromatic carbocycles. The van der Waals surface area contributed by atoms with Crippen molar-refractivity contribution in [3.63, 3.8) is 0 Å². The van der Waals surface area contributed by atoms with Crippen LogP contribution >= 0.6 is 0 Å². The van der Waals surface area contributed by atoms with Gasteiger partial charge in [0, 0.05) is 13.0 Å². The van der Waals surface area contributed by atoms with Crippen LogP contribution in [0.25, 0.3) is 0 Å². The Morgan fingerprint density at radius 3 is 2.80 bits per heavy atom. The third-order valence-corrected chi connectivity index (χ3v) is 4.11. The van der Waals surface area contributed by atoms with Gasteiger partial charge in [-0.3, -0.25) is 4.99 Å². The van der Waals surface area contributed by atoms with E-state index in [0.29, 0.717) is 25.7 Å². The van der Waals surface area contributed by atoms with Gasteiger partial charge in [-0.2, -0.15) is 0 Å². The van der Waals surface area contributed by atoms with Crippen molar-refractivity contribution in [2.45, 2.75) is 25.8 Å². The minimum atomic E-state index is -0.205. The Morgan fingerprint density at radius 2 is 2.05 bits per heavy atom. The van der Waals surface area contributed by atoms with E-state index in [9.17, 15) is 0 Å². The monoisotopic (exact) mass is 275 g/mol. The smallest absolute Gasteiger partial charge is 0.192 e. The Hall–Kier alpha value is -1.91. The van der Waals surface area contributed by atoms with E-state index >= 15 is 0 Å². The van der Waals surface area contributed by atoms with Gasteiger partial charge in [0.1, 0.15) is 0 Å². The number of nitrogens with two attached hydrogens (primary N) is 1. The van der Waals surface area contributed by atoms with Crippen LogP contribution in [0.3, 0.4) is 0 Å². The fourth-order valence-electron chi connectivity index (χ4n) is 2.91. The Morgan fingerprint density at radius 1 is 1.30 bits per heavy atom. The predicted octanol–water partition coefficient (Wildman–Crippen LogP) is 1.71. The van der Waals surface area contributed by atoms with Crippen molar-refractivity contribution < 1.29 is 9.47 Å². The summed E-state index contributed by atoms with van der Waals surface area (Å²) in [5, 5.41) is 0. The highest BCUT2D eigenvalue weighted by molar-refractivity contribution is 5.81. The van der Waals surface area contributed by atoms with Gasteiger partial charge in [0.05, 0.1) is 25.3 Å². The number of benzene rings is 1. The predicted molar refractivity (Wildman–Crippen MR) is 78.3 cm³/mol. The van der Waals surface area contributed by atoms with Gasteiger partial charge in [-0.25, -0.2) is 0 Å². The zero-order valence-corrected chi connectivity index (χ0v) is 12.1. The molecule has 0 saturated carbocycles. The molecule has 1 aromatic rings. The number of hydrogen-bond donors (Lipinski definition) is 1. The minimum Gasteiger partial charge on any atom is -0.490 e. The molecule has 5 heteroatoms. The molecule has 0 aliphatic carbocycles. The maximum atomic E-state index is 5.99. The van der Waals surface area contributed by atoms with Crippen LogP contribution in [-0.2, 0) is 5.54 Å². The van der Waals surface area contributed by atoms with Gasteiger partial charge in [0.15, 0.2) is 17.5 Å². The molecule has 0 bridgehead atoms. The topological polar surface area (TPSA) is 60.1 Å². The largest absolute Gasteiger partial charge is 0.490 e. The number of guanidine groups is 1. The van der Waals surface area contributed by atoms with E-state index in [2.05, 4.69) is 35.9 Å². The summed E-state index contributed by atoms with van der Waals surface area (Å²) in [5.41, 5.74) is 6.94. The third-order valence-electron chi connectivity index (χ3n) is 4.11. The van der Waals surface area contributed by atoms with Gasteiger partial charge in [-0.1, -0.05) is 6.07 Å². The number of ether oxygens (including phenoxy) is 2. The number of aliphatic imine (C=N–C) groups is 1. The van der Waals surface area contributed by atoms with Crippen molar-refractivity contribution in [1.29, 1.82) is 0 Å². The molecule has 0 amide bonds. The lowest BCUT2D eigenvalue weighted by Gasteiger charge is -2.36. The van der Waals surface area contributed by atoms with E-state index in [1.54, 1.807) is 0 Å². The minimum absolute atomic E-state index is 0.205. The van der Waals surface area contributed by atoms with Gasteiger partial charge in [-0.15, -0.1) is 0 Å².